The lowest BCUT2D eigenvalue weighted by molar-refractivity contribution is 0.402. The third kappa shape index (κ3) is 2.88. The predicted octanol–water partition coefficient (Wildman–Crippen LogP) is 4.04. The monoisotopic (exact) mass is 226 g/mol. The highest BCUT2D eigenvalue weighted by Crippen LogP contribution is 2.32. The number of rotatable bonds is 4. The molecule has 0 aliphatic heterocycles. The number of aryl methyl sites for hydroxylation is 2. The van der Waals surface area contributed by atoms with Gasteiger partial charge in [0.05, 0.1) is 7.11 Å². The molecule has 84 valence electrons. The Bertz CT molecular complexity index is 334. The van der Waals surface area contributed by atoms with Crippen LogP contribution in [0, 0.1) is 13.8 Å². The Hall–Kier alpha value is -0.690. The van der Waals surface area contributed by atoms with E-state index < -0.39 is 0 Å². The molecule has 0 aliphatic rings. The summed E-state index contributed by atoms with van der Waals surface area (Å²) >= 11 is 5.78. The van der Waals surface area contributed by atoms with Gasteiger partial charge in [0.1, 0.15) is 5.75 Å². The molecule has 1 unspecified atom stereocenters. The Morgan fingerprint density at radius 1 is 1.33 bits per heavy atom. The summed E-state index contributed by atoms with van der Waals surface area (Å²) in [5.74, 6) is 2.16. The van der Waals surface area contributed by atoms with Crippen LogP contribution in [0.15, 0.2) is 12.1 Å². The minimum atomic E-state index is 0.455. The molecule has 0 amide bonds. The molecule has 0 aromatic heterocycles. The van der Waals surface area contributed by atoms with Gasteiger partial charge in [-0.3, -0.25) is 0 Å². The molecule has 1 aromatic rings. The van der Waals surface area contributed by atoms with Crippen LogP contribution in [-0.2, 0) is 0 Å². The van der Waals surface area contributed by atoms with Crippen LogP contribution in [0.25, 0.3) is 0 Å². The molecule has 1 aromatic carbocycles. The summed E-state index contributed by atoms with van der Waals surface area (Å²) in [6.07, 6.45) is 0.987. The van der Waals surface area contributed by atoms with Gasteiger partial charge in [0.2, 0.25) is 0 Å². The van der Waals surface area contributed by atoms with E-state index in [2.05, 4.69) is 32.9 Å². The van der Waals surface area contributed by atoms with Crippen LogP contribution in [-0.4, -0.2) is 13.0 Å². The summed E-state index contributed by atoms with van der Waals surface area (Å²) < 4.78 is 5.46. The van der Waals surface area contributed by atoms with Crippen LogP contribution in [0.1, 0.15) is 36.0 Å². The van der Waals surface area contributed by atoms with E-state index in [1.807, 2.05) is 0 Å². The van der Waals surface area contributed by atoms with Crippen LogP contribution in [0.3, 0.4) is 0 Å². The van der Waals surface area contributed by atoms with Crippen molar-refractivity contribution >= 4 is 11.6 Å². The van der Waals surface area contributed by atoms with E-state index in [1.54, 1.807) is 7.11 Å². The first-order valence-corrected chi connectivity index (χ1v) is 5.84. The Morgan fingerprint density at radius 2 is 2.00 bits per heavy atom. The van der Waals surface area contributed by atoms with E-state index in [4.69, 9.17) is 16.3 Å². The molecule has 0 saturated heterocycles. The van der Waals surface area contributed by atoms with Crippen molar-refractivity contribution in [3.8, 4) is 5.75 Å². The number of methoxy groups -OCH3 is 1. The summed E-state index contributed by atoms with van der Waals surface area (Å²) in [5.41, 5.74) is 3.76. The molecular formula is C13H19ClO. The van der Waals surface area contributed by atoms with Gasteiger partial charge in [-0.15, -0.1) is 11.6 Å². The molecule has 1 atom stereocenters. The lowest BCUT2D eigenvalue weighted by Gasteiger charge is -2.17. The number of ether oxygens (including phenoxy) is 1. The molecule has 1 rings (SSSR count). The Morgan fingerprint density at radius 3 is 2.53 bits per heavy atom. The minimum absolute atomic E-state index is 0.455. The van der Waals surface area contributed by atoms with Crippen LogP contribution in [0.2, 0.25) is 0 Å². The van der Waals surface area contributed by atoms with Crippen molar-refractivity contribution in [3.63, 3.8) is 0 Å². The van der Waals surface area contributed by atoms with Crippen molar-refractivity contribution in [2.24, 2.45) is 0 Å². The van der Waals surface area contributed by atoms with Gasteiger partial charge >= 0.3 is 0 Å². The molecule has 1 nitrogen and oxygen atoms in total. The lowest BCUT2D eigenvalue weighted by Crippen LogP contribution is -2.01. The zero-order valence-electron chi connectivity index (χ0n) is 9.93. The van der Waals surface area contributed by atoms with E-state index >= 15 is 0 Å². The zero-order chi connectivity index (χ0) is 11.4. The summed E-state index contributed by atoms with van der Waals surface area (Å²) in [5, 5.41) is 0. The van der Waals surface area contributed by atoms with Crippen LogP contribution < -0.4 is 4.74 Å². The molecule has 0 aliphatic carbocycles. The fourth-order valence-electron chi connectivity index (χ4n) is 1.95. The van der Waals surface area contributed by atoms with Gasteiger partial charge in [0.15, 0.2) is 0 Å². The molecular weight excluding hydrogens is 208 g/mol. The van der Waals surface area contributed by atoms with Crippen molar-refractivity contribution < 1.29 is 4.74 Å². The maximum atomic E-state index is 5.78. The van der Waals surface area contributed by atoms with Crippen molar-refractivity contribution in [2.75, 3.05) is 13.0 Å². The Labute approximate surface area is 97.4 Å². The fourth-order valence-corrected chi connectivity index (χ4v) is 2.28. The van der Waals surface area contributed by atoms with Gasteiger partial charge in [-0.1, -0.05) is 24.6 Å². The number of hydrogen-bond acceptors (Lipinski definition) is 1. The molecule has 0 radical (unpaired) electrons. The van der Waals surface area contributed by atoms with E-state index in [9.17, 15) is 0 Å². The average Bonchev–Trinajstić information content (AvgIpc) is 2.17. The third-order valence-corrected chi connectivity index (χ3v) is 2.94. The minimum Gasteiger partial charge on any atom is -0.496 e. The highest BCUT2D eigenvalue weighted by Gasteiger charge is 2.13. The van der Waals surface area contributed by atoms with Crippen molar-refractivity contribution in [3.05, 3.63) is 28.8 Å². The summed E-state index contributed by atoms with van der Waals surface area (Å²) in [4.78, 5) is 0. The SMILES string of the molecule is COc1c(C)cc(C)cc1C(C)CCCl. The highest BCUT2D eigenvalue weighted by molar-refractivity contribution is 6.17. The quantitative estimate of drug-likeness (QED) is 0.704. The molecule has 0 heterocycles. The summed E-state index contributed by atoms with van der Waals surface area (Å²) in [7, 11) is 1.73. The van der Waals surface area contributed by atoms with Crippen molar-refractivity contribution in [1.29, 1.82) is 0 Å². The maximum absolute atomic E-state index is 5.78. The van der Waals surface area contributed by atoms with Gasteiger partial charge in [-0.2, -0.15) is 0 Å². The largest absolute Gasteiger partial charge is 0.496 e. The Balaban J connectivity index is 3.13. The molecule has 0 fully saturated rings. The molecule has 15 heavy (non-hydrogen) atoms. The van der Waals surface area contributed by atoms with E-state index in [0.717, 1.165) is 12.2 Å². The number of benzene rings is 1. The molecule has 0 saturated carbocycles. The van der Waals surface area contributed by atoms with Crippen LogP contribution in [0.4, 0.5) is 0 Å². The van der Waals surface area contributed by atoms with Crippen molar-refractivity contribution in [1.82, 2.24) is 0 Å². The second-order valence-electron chi connectivity index (χ2n) is 4.08. The standard InChI is InChI=1S/C13H19ClO/c1-9-7-11(3)13(15-4)12(8-9)10(2)5-6-14/h7-8,10H,5-6H2,1-4H3. The average molecular weight is 227 g/mol. The van der Waals surface area contributed by atoms with E-state index in [0.29, 0.717) is 11.8 Å². The van der Waals surface area contributed by atoms with Crippen LogP contribution in [0.5, 0.6) is 5.75 Å². The molecule has 2 heteroatoms. The van der Waals surface area contributed by atoms with Crippen LogP contribution >= 0.6 is 11.6 Å². The van der Waals surface area contributed by atoms with Gasteiger partial charge in [-0.25, -0.2) is 0 Å². The summed E-state index contributed by atoms with van der Waals surface area (Å²) in [6.45, 7) is 6.39. The van der Waals surface area contributed by atoms with Gasteiger partial charge in [-0.05, 0) is 37.3 Å². The topological polar surface area (TPSA) is 9.23 Å². The number of hydrogen-bond donors (Lipinski definition) is 0. The van der Waals surface area contributed by atoms with Gasteiger partial charge in [0, 0.05) is 5.88 Å². The van der Waals surface area contributed by atoms with Crippen molar-refractivity contribution in [2.45, 2.75) is 33.1 Å². The smallest absolute Gasteiger partial charge is 0.125 e. The Kier molecular flexibility index (Phi) is 4.46. The van der Waals surface area contributed by atoms with Gasteiger partial charge < -0.3 is 4.74 Å². The fraction of sp³-hybridized carbons (Fsp3) is 0.538. The maximum Gasteiger partial charge on any atom is 0.125 e. The first-order valence-electron chi connectivity index (χ1n) is 5.31. The van der Waals surface area contributed by atoms with E-state index in [1.165, 1.54) is 16.7 Å². The van der Waals surface area contributed by atoms with Gasteiger partial charge in [0.25, 0.3) is 0 Å². The summed E-state index contributed by atoms with van der Waals surface area (Å²) in [6, 6.07) is 4.35. The molecule has 0 spiro atoms. The second-order valence-corrected chi connectivity index (χ2v) is 4.46. The third-order valence-electron chi connectivity index (χ3n) is 2.72. The predicted molar refractivity (Wildman–Crippen MR) is 66.2 cm³/mol. The number of halogens is 1. The van der Waals surface area contributed by atoms with E-state index in [-0.39, 0.29) is 0 Å². The highest BCUT2D eigenvalue weighted by atomic mass is 35.5. The first-order chi connectivity index (χ1) is 7.10. The zero-order valence-corrected chi connectivity index (χ0v) is 10.7. The second kappa shape index (κ2) is 5.41. The number of alkyl halides is 1. The molecule has 0 N–H and O–H groups in total. The lowest BCUT2D eigenvalue weighted by atomic mass is 9.94. The molecule has 0 bridgehead atoms. The normalized spacial score (nSPS) is 12.6. The first kappa shape index (κ1) is 12.4.